The number of nitrogens with zero attached hydrogens (tertiary/aromatic N) is 1. The predicted molar refractivity (Wildman–Crippen MR) is 105 cm³/mol. The van der Waals surface area contributed by atoms with Gasteiger partial charge in [0, 0.05) is 34.4 Å². The summed E-state index contributed by atoms with van der Waals surface area (Å²) in [5, 5.41) is 3.19. The first-order chi connectivity index (χ1) is 12.1. The first-order valence-electron chi connectivity index (χ1n) is 8.52. The molecule has 1 unspecified atom stereocenters. The molecular weight excluding hydrogens is 375 g/mol. The molecule has 0 bridgehead atoms. The SMILES string of the molecule is CC(C)N(Cc1ccc(-c2ccccc2F)s1)C(=O)C1CNCCO1.Cl. The highest BCUT2D eigenvalue weighted by atomic mass is 35.5. The maximum atomic E-state index is 14.0. The Hall–Kier alpha value is -1.47. The number of thiophene rings is 1. The third kappa shape index (κ3) is 4.82. The van der Waals surface area contributed by atoms with E-state index in [0.717, 1.165) is 16.3 Å². The maximum Gasteiger partial charge on any atom is 0.253 e. The van der Waals surface area contributed by atoms with Crippen molar-refractivity contribution in [3.05, 3.63) is 47.1 Å². The van der Waals surface area contributed by atoms with E-state index < -0.39 is 6.10 Å². The molecule has 26 heavy (non-hydrogen) atoms. The Morgan fingerprint density at radius 2 is 2.12 bits per heavy atom. The van der Waals surface area contributed by atoms with E-state index in [-0.39, 0.29) is 30.2 Å². The van der Waals surface area contributed by atoms with Crippen LogP contribution in [0.4, 0.5) is 4.39 Å². The number of ether oxygens (including phenoxy) is 1. The lowest BCUT2D eigenvalue weighted by atomic mass is 10.2. The fraction of sp³-hybridized carbons (Fsp3) is 0.421. The molecule has 1 aliphatic heterocycles. The predicted octanol–water partition coefficient (Wildman–Crippen LogP) is 3.70. The summed E-state index contributed by atoms with van der Waals surface area (Å²) in [7, 11) is 0. The van der Waals surface area contributed by atoms with E-state index >= 15 is 0 Å². The molecule has 7 heteroatoms. The molecule has 3 rings (SSSR count). The molecule has 2 aromatic rings. The van der Waals surface area contributed by atoms with E-state index in [1.54, 1.807) is 12.1 Å². The van der Waals surface area contributed by atoms with Gasteiger partial charge >= 0.3 is 0 Å². The molecule has 0 saturated carbocycles. The van der Waals surface area contributed by atoms with Gasteiger partial charge in [0.2, 0.25) is 0 Å². The normalized spacial score (nSPS) is 17.0. The van der Waals surface area contributed by atoms with E-state index in [9.17, 15) is 9.18 Å². The summed E-state index contributed by atoms with van der Waals surface area (Å²) in [6.45, 7) is 6.39. The molecular formula is C19H24ClFN2O2S. The number of amides is 1. The highest BCUT2D eigenvalue weighted by molar-refractivity contribution is 7.15. The van der Waals surface area contributed by atoms with Gasteiger partial charge in [-0.05, 0) is 32.0 Å². The van der Waals surface area contributed by atoms with Crippen LogP contribution in [0.1, 0.15) is 18.7 Å². The number of carbonyl (C=O) groups is 1. The fourth-order valence-electron chi connectivity index (χ4n) is 2.86. The molecule has 142 valence electrons. The summed E-state index contributed by atoms with van der Waals surface area (Å²) in [5.41, 5.74) is 0.598. The monoisotopic (exact) mass is 398 g/mol. The topological polar surface area (TPSA) is 41.6 Å². The zero-order valence-electron chi connectivity index (χ0n) is 14.9. The molecule has 1 N–H and O–H groups in total. The smallest absolute Gasteiger partial charge is 0.253 e. The Labute approximate surface area is 163 Å². The molecule has 2 heterocycles. The molecule has 1 saturated heterocycles. The Bertz CT molecular complexity index is 732. The molecule has 1 aliphatic rings. The lowest BCUT2D eigenvalue weighted by molar-refractivity contribution is -0.147. The Balaban J connectivity index is 0.00000243. The second-order valence-electron chi connectivity index (χ2n) is 6.37. The van der Waals surface area contributed by atoms with Crippen LogP contribution in [0.5, 0.6) is 0 Å². The van der Waals surface area contributed by atoms with Gasteiger partial charge in [0.25, 0.3) is 5.91 Å². The van der Waals surface area contributed by atoms with Gasteiger partial charge in [0.05, 0.1) is 13.2 Å². The van der Waals surface area contributed by atoms with E-state index in [1.807, 2.05) is 36.9 Å². The number of hydrogen-bond donors (Lipinski definition) is 1. The molecule has 0 radical (unpaired) electrons. The van der Waals surface area contributed by atoms with Crippen LogP contribution in [0.3, 0.4) is 0 Å². The number of benzene rings is 1. The maximum absolute atomic E-state index is 14.0. The Kier molecular flexibility index (Phi) is 7.58. The number of carbonyl (C=O) groups excluding carboxylic acids is 1. The minimum absolute atomic E-state index is 0. The van der Waals surface area contributed by atoms with Gasteiger partial charge in [-0.15, -0.1) is 23.7 Å². The molecule has 0 aliphatic carbocycles. The summed E-state index contributed by atoms with van der Waals surface area (Å²) >= 11 is 1.52. The van der Waals surface area contributed by atoms with Crippen LogP contribution >= 0.6 is 23.7 Å². The zero-order chi connectivity index (χ0) is 17.8. The summed E-state index contributed by atoms with van der Waals surface area (Å²) in [5.74, 6) is -0.225. The molecule has 1 aromatic heterocycles. The lowest BCUT2D eigenvalue weighted by Gasteiger charge is -2.32. The van der Waals surface area contributed by atoms with Crippen LogP contribution in [0.15, 0.2) is 36.4 Å². The Morgan fingerprint density at radius 1 is 1.35 bits per heavy atom. The van der Waals surface area contributed by atoms with E-state index in [2.05, 4.69) is 5.32 Å². The zero-order valence-corrected chi connectivity index (χ0v) is 16.5. The molecule has 1 aromatic carbocycles. The second-order valence-corrected chi connectivity index (χ2v) is 7.54. The second kappa shape index (κ2) is 9.46. The Morgan fingerprint density at radius 3 is 2.77 bits per heavy atom. The first kappa shape index (κ1) is 20.8. The summed E-state index contributed by atoms with van der Waals surface area (Å²) in [6.07, 6.45) is -0.429. The van der Waals surface area contributed by atoms with Gasteiger partial charge in [-0.1, -0.05) is 18.2 Å². The number of halogens is 2. The van der Waals surface area contributed by atoms with Gasteiger partial charge in [-0.3, -0.25) is 4.79 Å². The van der Waals surface area contributed by atoms with Crippen molar-refractivity contribution in [3.63, 3.8) is 0 Å². The first-order valence-corrected chi connectivity index (χ1v) is 9.34. The van der Waals surface area contributed by atoms with Crippen molar-refractivity contribution in [2.24, 2.45) is 0 Å². The third-order valence-electron chi connectivity index (χ3n) is 4.24. The van der Waals surface area contributed by atoms with Crippen molar-refractivity contribution < 1.29 is 13.9 Å². The van der Waals surface area contributed by atoms with Crippen LogP contribution in [-0.4, -0.2) is 42.6 Å². The number of nitrogens with one attached hydrogen (secondary N) is 1. The number of morpholine rings is 1. The summed E-state index contributed by atoms with van der Waals surface area (Å²) in [4.78, 5) is 16.5. The molecule has 0 spiro atoms. The van der Waals surface area contributed by atoms with Crippen LogP contribution in [0.25, 0.3) is 10.4 Å². The number of hydrogen-bond acceptors (Lipinski definition) is 4. The minimum Gasteiger partial charge on any atom is -0.366 e. The summed E-state index contributed by atoms with van der Waals surface area (Å²) < 4.78 is 19.6. The minimum atomic E-state index is -0.429. The van der Waals surface area contributed by atoms with Crippen LogP contribution in [0, 0.1) is 5.82 Å². The van der Waals surface area contributed by atoms with Crippen molar-refractivity contribution in [1.82, 2.24) is 10.2 Å². The quantitative estimate of drug-likeness (QED) is 0.834. The third-order valence-corrected chi connectivity index (χ3v) is 5.34. The average molecular weight is 399 g/mol. The largest absolute Gasteiger partial charge is 0.366 e. The van der Waals surface area contributed by atoms with Crippen molar-refractivity contribution in [2.45, 2.75) is 32.5 Å². The number of rotatable bonds is 5. The van der Waals surface area contributed by atoms with E-state index in [1.165, 1.54) is 17.4 Å². The average Bonchev–Trinajstić information content (AvgIpc) is 3.08. The van der Waals surface area contributed by atoms with Crippen LogP contribution in [-0.2, 0) is 16.1 Å². The molecule has 4 nitrogen and oxygen atoms in total. The van der Waals surface area contributed by atoms with Gasteiger partial charge in [-0.25, -0.2) is 4.39 Å². The highest BCUT2D eigenvalue weighted by Gasteiger charge is 2.28. The van der Waals surface area contributed by atoms with Crippen molar-refractivity contribution in [3.8, 4) is 10.4 Å². The van der Waals surface area contributed by atoms with Crippen LogP contribution in [0.2, 0.25) is 0 Å². The van der Waals surface area contributed by atoms with Gasteiger partial charge in [0.15, 0.2) is 0 Å². The molecule has 1 atom stereocenters. The van der Waals surface area contributed by atoms with Crippen molar-refractivity contribution in [1.29, 1.82) is 0 Å². The van der Waals surface area contributed by atoms with Gasteiger partial charge in [-0.2, -0.15) is 0 Å². The van der Waals surface area contributed by atoms with Crippen molar-refractivity contribution in [2.75, 3.05) is 19.7 Å². The van der Waals surface area contributed by atoms with E-state index in [0.29, 0.717) is 25.3 Å². The highest BCUT2D eigenvalue weighted by Crippen LogP contribution is 2.31. The standard InChI is InChI=1S/C19H23FN2O2S.ClH/c1-13(2)22(19(23)17-11-21-9-10-24-17)12-14-7-8-18(25-14)15-5-3-4-6-16(15)20;/h3-8,13,17,21H,9-12H2,1-2H3;1H. The van der Waals surface area contributed by atoms with Crippen molar-refractivity contribution >= 4 is 29.7 Å². The lowest BCUT2D eigenvalue weighted by Crippen LogP contribution is -2.50. The van der Waals surface area contributed by atoms with Crippen LogP contribution < -0.4 is 5.32 Å². The van der Waals surface area contributed by atoms with Gasteiger partial charge in [0.1, 0.15) is 11.9 Å². The van der Waals surface area contributed by atoms with Gasteiger partial charge < -0.3 is 15.0 Å². The summed E-state index contributed by atoms with van der Waals surface area (Å²) in [6, 6.07) is 10.7. The molecule has 1 amide bonds. The van der Waals surface area contributed by atoms with E-state index in [4.69, 9.17) is 4.74 Å². The molecule has 1 fully saturated rings. The fourth-order valence-corrected chi connectivity index (χ4v) is 3.89.